The minimum Gasteiger partial charge on any atom is -0.454 e. The Morgan fingerprint density at radius 3 is 2.81 bits per heavy atom. The van der Waals surface area contributed by atoms with Crippen LogP contribution in [0.3, 0.4) is 0 Å². The maximum atomic E-state index is 12.4. The Morgan fingerprint density at radius 1 is 1.37 bits per heavy atom. The SMILES string of the molecule is Cc1nn(CC(C)C)c(Cl)c1C(=O)OCC(=O)c1ccc2c(c1)CC(=O)N2. The highest BCUT2D eigenvalue weighted by Gasteiger charge is 2.24. The zero-order valence-corrected chi connectivity index (χ0v) is 16.1. The molecular weight excluding hydrogens is 370 g/mol. The fraction of sp³-hybridized carbons (Fsp3) is 0.368. The number of carbonyl (C=O) groups is 3. The minimum atomic E-state index is -0.682. The molecule has 0 saturated carbocycles. The van der Waals surface area contributed by atoms with E-state index in [-0.39, 0.29) is 28.8 Å². The molecule has 1 aromatic heterocycles. The quantitative estimate of drug-likeness (QED) is 0.605. The number of esters is 1. The Kier molecular flexibility index (Phi) is 5.32. The number of anilines is 1. The molecule has 2 aromatic rings. The van der Waals surface area contributed by atoms with Crippen molar-refractivity contribution in [3.63, 3.8) is 0 Å². The van der Waals surface area contributed by atoms with Gasteiger partial charge < -0.3 is 10.1 Å². The smallest absolute Gasteiger partial charge is 0.343 e. The van der Waals surface area contributed by atoms with Gasteiger partial charge in [-0.25, -0.2) is 4.79 Å². The van der Waals surface area contributed by atoms with Crippen LogP contribution in [0.15, 0.2) is 18.2 Å². The number of carbonyl (C=O) groups excluding carboxylic acids is 3. The molecule has 1 aliphatic rings. The van der Waals surface area contributed by atoms with Crippen LogP contribution in [-0.2, 0) is 22.5 Å². The van der Waals surface area contributed by atoms with Crippen molar-refractivity contribution in [3.8, 4) is 0 Å². The van der Waals surface area contributed by atoms with Crippen LogP contribution in [0.5, 0.6) is 0 Å². The minimum absolute atomic E-state index is 0.107. The molecular formula is C19H20ClN3O4. The largest absolute Gasteiger partial charge is 0.454 e. The second-order valence-electron chi connectivity index (χ2n) is 6.92. The molecule has 0 fully saturated rings. The van der Waals surface area contributed by atoms with Crippen LogP contribution >= 0.6 is 11.6 Å². The van der Waals surface area contributed by atoms with Crippen molar-refractivity contribution >= 4 is 34.9 Å². The Morgan fingerprint density at radius 2 is 2.11 bits per heavy atom. The van der Waals surface area contributed by atoms with E-state index in [0.29, 0.717) is 29.4 Å². The van der Waals surface area contributed by atoms with Crippen LogP contribution in [0.1, 0.15) is 45.8 Å². The first-order valence-electron chi connectivity index (χ1n) is 8.62. The normalized spacial score (nSPS) is 12.9. The Balaban J connectivity index is 1.68. The summed E-state index contributed by atoms with van der Waals surface area (Å²) in [5.41, 5.74) is 2.48. The van der Waals surface area contributed by atoms with Crippen molar-refractivity contribution in [2.45, 2.75) is 33.7 Å². The van der Waals surface area contributed by atoms with Gasteiger partial charge in [0.05, 0.1) is 12.1 Å². The lowest BCUT2D eigenvalue weighted by atomic mass is 10.1. The molecule has 0 atom stereocenters. The monoisotopic (exact) mass is 389 g/mol. The number of nitrogens with zero attached hydrogens (tertiary/aromatic N) is 2. The zero-order chi connectivity index (χ0) is 19.7. The number of hydrogen-bond acceptors (Lipinski definition) is 5. The topological polar surface area (TPSA) is 90.3 Å². The number of benzene rings is 1. The highest BCUT2D eigenvalue weighted by molar-refractivity contribution is 6.32. The van der Waals surface area contributed by atoms with E-state index in [1.807, 2.05) is 13.8 Å². The van der Waals surface area contributed by atoms with E-state index in [4.69, 9.17) is 16.3 Å². The van der Waals surface area contributed by atoms with Gasteiger partial charge >= 0.3 is 5.97 Å². The average Bonchev–Trinajstić information content (AvgIpc) is 3.09. The van der Waals surface area contributed by atoms with E-state index >= 15 is 0 Å². The molecule has 3 rings (SSSR count). The first-order valence-corrected chi connectivity index (χ1v) is 9.00. The van der Waals surface area contributed by atoms with Gasteiger partial charge in [-0.2, -0.15) is 5.10 Å². The standard InChI is InChI=1S/C19H20ClN3O4/c1-10(2)8-23-18(20)17(11(3)22-23)19(26)27-9-15(24)12-4-5-14-13(6-12)7-16(25)21-14/h4-6,10H,7-9H2,1-3H3,(H,21,25). The number of rotatable bonds is 6. The van der Waals surface area contributed by atoms with E-state index in [0.717, 1.165) is 5.56 Å². The summed E-state index contributed by atoms with van der Waals surface area (Å²) >= 11 is 6.25. The fourth-order valence-corrected chi connectivity index (χ4v) is 3.26. The third kappa shape index (κ3) is 4.03. The average molecular weight is 390 g/mol. The lowest BCUT2D eigenvalue weighted by Gasteiger charge is -2.07. The second-order valence-corrected chi connectivity index (χ2v) is 7.28. The summed E-state index contributed by atoms with van der Waals surface area (Å²) < 4.78 is 6.72. The van der Waals surface area contributed by atoms with E-state index in [1.54, 1.807) is 29.8 Å². The number of aromatic nitrogens is 2. The van der Waals surface area contributed by atoms with Gasteiger partial charge in [0, 0.05) is 17.8 Å². The molecule has 1 aliphatic heterocycles. The highest BCUT2D eigenvalue weighted by atomic mass is 35.5. The third-order valence-electron chi connectivity index (χ3n) is 4.19. The maximum absolute atomic E-state index is 12.4. The molecule has 8 heteroatoms. The van der Waals surface area contributed by atoms with E-state index < -0.39 is 12.6 Å². The van der Waals surface area contributed by atoms with E-state index in [2.05, 4.69) is 10.4 Å². The Bertz CT molecular complexity index is 933. The molecule has 1 aromatic carbocycles. The zero-order valence-electron chi connectivity index (χ0n) is 15.3. The van der Waals surface area contributed by atoms with Crippen molar-refractivity contribution in [2.75, 3.05) is 11.9 Å². The lowest BCUT2D eigenvalue weighted by molar-refractivity contribution is -0.115. The molecule has 2 heterocycles. The summed E-state index contributed by atoms with van der Waals surface area (Å²) in [5.74, 6) is -0.828. The van der Waals surface area contributed by atoms with Gasteiger partial charge in [-0.05, 0) is 36.6 Å². The summed E-state index contributed by atoms with van der Waals surface area (Å²) in [6.45, 7) is 5.87. The molecule has 1 amide bonds. The van der Waals surface area contributed by atoms with Crippen LogP contribution in [0.4, 0.5) is 5.69 Å². The lowest BCUT2D eigenvalue weighted by Crippen LogP contribution is -2.15. The fourth-order valence-electron chi connectivity index (χ4n) is 2.94. The summed E-state index contributed by atoms with van der Waals surface area (Å²) in [7, 11) is 0. The summed E-state index contributed by atoms with van der Waals surface area (Å²) in [6, 6.07) is 4.91. The van der Waals surface area contributed by atoms with E-state index in [1.165, 1.54) is 0 Å². The van der Waals surface area contributed by atoms with Crippen molar-refractivity contribution in [3.05, 3.63) is 45.7 Å². The summed E-state index contributed by atoms with van der Waals surface area (Å²) in [4.78, 5) is 36.1. The number of hydrogen-bond donors (Lipinski definition) is 1. The molecule has 7 nitrogen and oxygen atoms in total. The van der Waals surface area contributed by atoms with Crippen molar-refractivity contribution in [1.29, 1.82) is 0 Å². The number of ketones is 1. The van der Waals surface area contributed by atoms with Crippen LogP contribution in [-0.4, -0.2) is 34.0 Å². The number of ether oxygens (including phenoxy) is 1. The van der Waals surface area contributed by atoms with Crippen LogP contribution in [0.25, 0.3) is 0 Å². The molecule has 0 spiro atoms. The number of fused-ring (bicyclic) bond motifs is 1. The second kappa shape index (κ2) is 7.52. The van der Waals surface area contributed by atoms with Crippen molar-refractivity contribution in [2.24, 2.45) is 5.92 Å². The van der Waals surface area contributed by atoms with Gasteiger partial charge in [0.25, 0.3) is 0 Å². The Labute approximate surface area is 161 Å². The third-order valence-corrected chi connectivity index (χ3v) is 4.58. The van der Waals surface area contributed by atoms with Gasteiger partial charge in [-0.1, -0.05) is 25.4 Å². The molecule has 0 bridgehead atoms. The number of halogens is 1. The molecule has 0 aliphatic carbocycles. The predicted molar refractivity (Wildman–Crippen MR) is 100 cm³/mol. The van der Waals surface area contributed by atoms with Crippen LogP contribution in [0.2, 0.25) is 5.15 Å². The van der Waals surface area contributed by atoms with Gasteiger partial charge in [0.15, 0.2) is 12.4 Å². The van der Waals surface area contributed by atoms with Crippen LogP contribution < -0.4 is 5.32 Å². The van der Waals surface area contributed by atoms with Gasteiger partial charge in [-0.15, -0.1) is 0 Å². The number of nitrogens with one attached hydrogen (secondary N) is 1. The molecule has 0 unspecified atom stereocenters. The van der Waals surface area contributed by atoms with E-state index in [9.17, 15) is 14.4 Å². The number of aryl methyl sites for hydroxylation is 1. The maximum Gasteiger partial charge on any atom is 0.343 e. The number of Topliss-reactive ketones (excluding diaryl/α,β-unsaturated/α-hetero) is 1. The Hall–Kier alpha value is -2.67. The predicted octanol–water partition coefficient (Wildman–Crippen LogP) is 3.04. The first-order chi connectivity index (χ1) is 12.8. The molecule has 27 heavy (non-hydrogen) atoms. The van der Waals surface area contributed by atoms with Crippen molar-refractivity contribution in [1.82, 2.24) is 9.78 Å². The first kappa shape index (κ1) is 19.1. The van der Waals surface area contributed by atoms with Crippen molar-refractivity contribution < 1.29 is 19.1 Å². The molecule has 0 saturated heterocycles. The molecule has 0 radical (unpaired) electrons. The number of amides is 1. The van der Waals surface area contributed by atoms with Gasteiger partial charge in [-0.3, -0.25) is 14.3 Å². The molecule has 1 N–H and O–H groups in total. The molecule has 142 valence electrons. The summed E-state index contributed by atoms with van der Waals surface area (Å²) in [6.07, 6.45) is 0.236. The van der Waals surface area contributed by atoms with Gasteiger partial charge in [0.1, 0.15) is 10.7 Å². The van der Waals surface area contributed by atoms with Crippen LogP contribution in [0, 0.1) is 12.8 Å². The summed E-state index contributed by atoms with van der Waals surface area (Å²) in [5, 5.41) is 7.18. The highest BCUT2D eigenvalue weighted by Crippen LogP contribution is 2.25. The van der Waals surface area contributed by atoms with Gasteiger partial charge in [0.2, 0.25) is 5.91 Å².